The Labute approximate surface area is 134 Å². The van der Waals surface area contributed by atoms with Gasteiger partial charge < -0.3 is 5.11 Å². The van der Waals surface area contributed by atoms with E-state index < -0.39 is 17.2 Å². The molecule has 0 atom stereocenters. The fourth-order valence-electron chi connectivity index (χ4n) is 2.93. The molecule has 1 aromatic rings. The molecule has 1 aliphatic heterocycles. The Hall–Kier alpha value is -1.58. The summed E-state index contributed by atoms with van der Waals surface area (Å²) in [5, 5.41) is 19.0. The number of hydrogen-bond donors (Lipinski definition) is 1. The zero-order chi connectivity index (χ0) is 17.3. The van der Waals surface area contributed by atoms with Crippen molar-refractivity contribution in [3.8, 4) is 6.07 Å². The normalized spacial score (nSPS) is 19.3. The van der Waals surface area contributed by atoms with Crippen LogP contribution in [0.3, 0.4) is 0 Å². The SMILES string of the molecule is CC(C)(C#N)c1ccccc1CN1CCC(O)(C(F)(F)F)CC1. The lowest BCUT2D eigenvalue weighted by Gasteiger charge is -2.39. The Morgan fingerprint density at radius 1 is 1.22 bits per heavy atom. The first-order chi connectivity index (χ1) is 10.6. The van der Waals surface area contributed by atoms with E-state index in [0.29, 0.717) is 6.54 Å². The number of hydrogen-bond acceptors (Lipinski definition) is 3. The van der Waals surface area contributed by atoms with Gasteiger partial charge in [-0.15, -0.1) is 0 Å². The lowest BCUT2D eigenvalue weighted by atomic mass is 9.82. The van der Waals surface area contributed by atoms with Gasteiger partial charge in [-0.05, 0) is 37.8 Å². The molecule has 0 amide bonds. The molecule has 0 unspecified atom stereocenters. The average molecular weight is 326 g/mol. The molecule has 1 heterocycles. The second-order valence-electron chi connectivity index (χ2n) is 6.70. The second-order valence-corrected chi connectivity index (χ2v) is 6.70. The molecule has 23 heavy (non-hydrogen) atoms. The van der Waals surface area contributed by atoms with Crippen LogP contribution in [0.5, 0.6) is 0 Å². The number of aliphatic hydroxyl groups is 1. The van der Waals surface area contributed by atoms with Crippen LogP contribution in [0.1, 0.15) is 37.8 Å². The molecule has 3 nitrogen and oxygen atoms in total. The molecule has 0 aliphatic carbocycles. The smallest absolute Gasteiger partial charge is 0.380 e. The summed E-state index contributed by atoms with van der Waals surface area (Å²) in [5.41, 5.74) is -1.40. The van der Waals surface area contributed by atoms with E-state index in [-0.39, 0.29) is 25.9 Å². The van der Waals surface area contributed by atoms with Crippen LogP contribution in [0.4, 0.5) is 13.2 Å². The fraction of sp³-hybridized carbons (Fsp3) is 0.588. The molecule has 1 aliphatic rings. The number of rotatable bonds is 3. The minimum Gasteiger partial charge on any atom is -0.380 e. The van der Waals surface area contributed by atoms with Crippen molar-refractivity contribution in [1.29, 1.82) is 5.26 Å². The predicted octanol–water partition coefficient (Wildman–Crippen LogP) is 3.38. The molecule has 0 saturated carbocycles. The van der Waals surface area contributed by atoms with E-state index in [2.05, 4.69) is 6.07 Å². The Morgan fingerprint density at radius 3 is 2.30 bits per heavy atom. The highest BCUT2D eigenvalue weighted by molar-refractivity contribution is 5.37. The zero-order valence-electron chi connectivity index (χ0n) is 13.3. The summed E-state index contributed by atoms with van der Waals surface area (Å²) in [5.74, 6) is 0. The van der Waals surface area contributed by atoms with Crippen molar-refractivity contribution >= 4 is 0 Å². The van der Waals surface area contributed by atoms with Crippen molar-refractivity contribution in [2.75, 3.05) is 13.1 Å². The largest absolute Gasteiger partial charge is 0.417 e. The van der Waals surface area contributed by atoms with E-state index in [1.54, 1.807) is 0 Å². The van der Waals surface area contributed by atoms with Crippen LogP contribution in [0.25, 0.3) is 0 Å². The van der Waals surface area contributed by atoms with Crippen molar-refractivity contribution in [2.24, 2.45) is 0 Å². The maximum absolute atomic E-state index is 12.8. The van der Waals surface area contributed by atoms with E-state index in [9.17, 15) is 23.5 Å². The van der Waals surface area contributed by atoms with E-state index in [4.69, 9.17) is 0 Å². The molecule has 1 N–H and O–H groups in total. The monoisotopic (exact) mass is 326 g/mol. The summed E-state index contributed by atoms with van der Waals surface area (Å²) >= 11 is 0. The molecule has 0 bridgehead atoms. The third-order valence-electron chi connectivity index (χ3n) is 4.58. The maximum Gasteiger partial charge on any atom is 0.417 e. The topological polar surface area (TPSA) is 47.3 Å². The molecule has 2 rings (SSSR count). The number of likely N-dealkylation sites (tertiary alicyclic amines) is 1. The van der Waals surface area contributed by atoms with Gasteiger partial charge in [0.2, 0.25) is 0 Å². The summed E-state index contributed by atoms with van der Waals surface area (Å²) in [7, 11) is 0. The van der Waals surface area contributed by atoms with Crippen molar-refractivity contribution in [2.45, 2.75) is 50.4 Å². The third kappa shape index (κ3) is 3.67. The van der Waals surface area contributed by atoms with Gasteiger partial charge in [0.25, 0.3) is 0 Å². The average Bonchev–Trinajstić information content (AvgIpc) is 2.49. The molecule has 0 aromatic heterocycles. The number of nitriles is 1. The van der Waals surface area contributed by atoms with E-state index in [1.807, 2.05) is 43.0 Å². The Bertz CT molecular complexity index is 597. The molecular weight excluding hydrogens is 305 g/mol. The quantitative estimate of drug-likeness (QED) is 0.926. The van der Waals surface area contributed by atoms with Gasteiger partial charge in [-0.25, -0.2) is 0 Å². The minimum atomic E-state index is -4.58. The fourth-order valence-corrected chi connectivity index (χ4v) is 2.93. The van der Waals surface area contributed by atoms with Gasteiger partial charge >= 0.3 is 6.18 Å². The van der Waals surface area contributed by atoms with Gasteiger partial charge in [-0.3, -0.25) is 4.90 Å². The van der Waals surface area contributed by atoms with Gasteiger partial charge in [-0.1, -0.05) is 24.3 Å². The summed E-state index contributed by atoms with van der Waals surface area (Å²) in [6.07, 6.45) is -5.22. The highest BCUT2D eigenvalue weighted by Crippen LogP contribution is 2.38. The van der Waals surface area contributed by atoms with Crippen molar-refractivity contribution in [3.63, 3.8) is 0 Å². The number of halogens is 3. The predicted molar refractivity (Wildman–Crippen MR) is 80.6 cm³/mol. The van der Waals surface area contributed by atoms with Crippen LogP contribution in [0, 0.1) is 11.3 Å². The molecule has 6 heteroatoms. The van der Waals surface area contributed by atoms with Gasteiger partial charge in [0.05, 0.1) is 11.5 Å². The summed E-state index contributed by atoms with van der Waals surface area (Å²) in [6.45, 7) is 4.48. The van der Waals surface area contributed by atoms with E-state index >= 15 is 0 Å². The molecule has 1 aromatic carbocycles. The zero-order valence-corrected chi connectivity index (χ0v) is 13.3. The van der Waals surface area contributed by atoms with E-state index in [1.165, 1.54) is 0 Å². The Morgan fingerprint density at radius 2 is 1.78 bits per heavy atom. The van der Waals surface area contributed by atoms with Gasteiger partial charge in [-0.2, -0.15) is 18.4 Å². The van der Waals surface area contributed by atoms with Crippen LogP contribution in [-0.4, -0.2) is 34.9 Å². The first-order valence-electron chi connectivity index (χ1n) is 7.60. The molecule has 1 fully saturated rings. The van der Waals surface area contributed by atoms with Crippen LogP contribution in [0.15, 0.2) is 24.3 Å². The lowest BCUT2D eigenvalue weighted by molar-refractivity contribution is -0.272. The van der Waals surface area contributed by atoms with Crippen LogP contribution >= 0.6 is 0 Å². The molecule has 0 radical (unpaired) electrons. The van der Waals surface area contributed by atoms with E-state index in [0.717, 1.165) is 11.1 Å². The van der Waals surface area contributed by atoms with Crippen molar-refractivity contribution in [1.82, 2.24) is 4.90 Å². The molecular formula is C17H21F3N2O. The highest BCUT2D eigenvalue weighted by Gasteiger charge is 2.54. The second kappa shape index (κ2) is 6.14. The minimum absolute atomic E-state index is 0.178. The Kier molecular flexibility index (Phi) is 4.74. The standard InChI is InChI=1S/C17H21F3N2O/c1-15(2,12-21)14-6-4-3-5-13(14)11-22-9-7-16(23,8-10-22)17(18,19)20/h3-6,23H,7-11H2,1-2H3. The van der Waals surface area contributed by atoms with Gasteiger partial charge in [0.1, 0.15) is 0 Å². The maximum atomic E-state index is 12.8. The third-order valence-corrected chi connectivity index (χ3v) is 4.58. The Balaban J connectivity index is 2.11. The van der Waals surface area contributed by atoms with Crippen molar-refractivity contribution in [3.05, 3.63) is 35.4 Å². The summed E-state index contributed by atoms with van der Waals surface area (Å²) in [4.78, 5) is 1.90. The van der Waals surface area contributed by atoms with Crippen LogP contribution < -0.4 is 0 Å². The van der Waals surface area contributed by atoms with Crippen LogP contribution in [0.2, 0.25) is 0 Å². The molecule has 126 valence electrons. The van der Waals surface area contributed by atoms with Gasteiger partial charge in [0.15, 0.2) is 5.60 Å². The number of benzene rings is 1. The number of piperidine rings is 1. The lowest BCUT2D eigenvalue weighted by Crippen LogP contribution is -2.53. The molecule has 0 spiro atoms. The van der Waals surface area contributed by atoms with Crippen molar-refractivity contribution < 1.29 is 18.3 Å². The number of nitrogens with zero attached hydrogens (tertiary/aromatic N) is 2. The summed E-state index contributed by atoms with van der Waals surface area (Å²) < 4.78 is 38.5. The summed E-state index contributed by atoms with van der Waals surface area (Å²) in [6, 6.07) is 9.77. The first-order valence-corrected chi connectivity index (χ1v) is 7.60. The van der Waals surface area contributed by atoms with Gasteiger partial charge in [0, 0.05) is 19.6 Å². The first kappa shape index (κ1) is 17.8. The molecule has 1 saturated heterocycles. The van der Waals surface area contributed by atoms with Crippen LogP contribution in [-0.2, 0) is 12.0 Å². The highest BCUT2D eigenvalue weighted by atomic mass is 19.4. The number of alkyl halides is 3.